The number of rotatable bonds is 6. The van der Waals surface area contributed by atoms with Crippen LogP contribution in [0.3, 0.4) is 0 Å². The van der Waals surface area contributed by atoms with E-state index < -0.39 is 5.60 Å². The van der Waals surface area contributed by atoms with E-state index in [4.69, 9.17) is 4.74 Å². The van der Waals surface area contributed by atoms with E-state index in [1.807, 2.05) is 0 Å². The molecular weight excluding hydrogens is 361 g/mol. The molecule has 0 unspecified atom stereocenters. The number of carbonyl (C=O) groups excluding carboxylic acids is 2. The first kappa shape index (κ1) is 20.0. The predicted molar refractivity (Wildman–Crippen MR) is 104 cm³/mol. The van der Waals surface area contributed by atoms with Gasteiger partial charge in [-0.3, -0.25) is 9.59 Å². The van der Waals surface area contributed by atoms with Crippen LogP contribution in [0.15, 0.2) is 48.5 Å². The summed E-state index contributed by atoms with van der Waals surface area (Å²) in [6.07, 6.45) is 1.21. The Kier molecular flexibility index (Phi) is 6.38. The smallest absolute Gasteiger partial charge is 0.256 e. The number of methoxy groups -OCH3 is 1. The first-order chi connectivity index (χ1) is 13.5. The van der Waals surface area contributed by atoms with Gasteiger partial charge in [0.25, 0.3) is 11.8 Å². The van der Waals surface area contributed by atoms with Crippen molar-refractivity contribution in [3.63, 3.8) is 0 Å². The molecule has 3 N–H and O–H groups in total. The number of carbonyl (C=O) groups is 2. The molecule has 148 valence electrons. The Morgan fingerprint density at radius 1 is 1.11 bits per heavy atom. The second kappa shape index (κ2) is 8.95. The van der Waals surface area contributed by atoms with Gasteiger partial charge in [0.1, 0.15) is 11.4 Å². The van der Waals surface area contributed by atoms with E-state index in [0.29, 0.717) is 29.7 Å². The summed E-state index contributed by atoms with van der Waals surface area (Å²) in [4.78, 5) is 24.9. The quantitative estimate of drug-likeness (QED) is 0.714. The van der Waals surface area contributed by atoms with Crippen LogP contribution in [0.1, 0.15) is 28.8 Å². The van der Waals surface area contributed by atoms with E-state index in [2.05, 4.69) is 16.0 Å². The Balaban J connectivity index is 1.59. The minimum Gasteiger partial charge on any atom is -0.368 e. The van der Waals surface area contributed by atoms with Crippen LogP contribution in [0.5, 0.6) is 0 Å². The van der Waals surface area contributed by atoms with Crippen molar-refractivity contribution in [2.75, 3.05) is 25.5 Å². The summed E-state index contributed by atoms with van der Waals surface area (Å²) in [5.41, 5.74) is 0.607. The van der Waals surface area contributed by atoms with Crippen molar-refractivity contribution in [1.82, 2.24) is 10.6 Å². The molecule has 0 aliphatic carbocycles. The number of anilines is 1. The summed E-state index contributed by atoms with van der Waals surface area (Å²) in [6, 6.07) is 12.9. The molecule has 1 fully saturated rings. The van der Waals surface area contributed by atoms with Gasteiger partial charge in [-0.25, -0.2) is 4.39 Å². The number of piperidine rings is 1. The predicted octanol–water partition coefficient (Wildman–Crippen LogP) is 2.46. The fourth-order valence-electron chi connectivity index (χ4n) is 3.22. The van der Waals surface area contributed by atoms with Crippen molar-refractivity contribution in [3.05, 3.63) is 65.5 Å². The Labute approximate surface area is 163 Å². The fourth-order valence-corrected chi connectivity index (χ4v) is 3.22. The molecule has 7 heteroatoms. The first-order valence-corrected chi connectivity index (χ1v) is 9.23. The largest absolute Gasteiger partial charge is 0.368 e. The average Bonchev–Trinajstić information content (AvgIpc) is 2.74. The Bertz CT molecular complexity index is 833. The summed E-state index contributed by atoms with van der Waals surface area (Å²) in [5, 5.41) is 8.76. The third-order valence-corrected chi connectivity index (χ3v) is 5.02. The molecule has 28 heavy (non-hydrogen) atoms. The average molecular weight is 385 g/mol. The highest BCUT2D eigenvalue weighted by Gasteiger charge is 2.39. The lowest BCUT2D eigenvalue weighted by Crippen LogP contribution is -2.51. The van der Waals surface area contributed by atoms with E-state index in [-0.39, 0.29) is 24.2 Å². The highest BCUT2D eigenvalue weighted by Crippen LogP contribution is 2.24. The lowest BCUT2D eigenvalue weighted by Gasteiger charge is -2.34. The lowest BCUT2D eigenvalue weighted by atomic mass is 9.91. The third-order valence-electron chi connectivity index (χ3n) is 5.02. The summed E-state index contributed by atoms with van der Waals surface area (Å²) >= 11 is 0. The summed E-state index contributed by atoms with van der Waals surface area (Å²) in [5.74, 6) is -0.855. The monoisotopic (exact) mass is 385 g/mol. The first-order valence-electron chi connectivity index (χ1n) is 9.23. The Hall–Kier alpha value is -2.77. The molecule has 0 saturated carbocycles. The van der Waals surface area contributed by atoms with E-state index in [0.717, 1.165) is 13.1 Å². The van der Waals surface area contributed by atoms with E-state index in [1.54, 1.807) is 49.6 Å². The summed E-state index contributed by atoms with van der Waals surface area (Å²) < 4.78 is 19.1. The fraction of sp³-hybridized carbons (Fsp3) is 0.333. The van der Waals surface area contributed by atoms with Crippen LogP contribution in [0.4, 0.5) is 10.1 Å². The van der Waals surface area contributed by atoms with Crippen molar-refractivity contribution < 1.29 is 18.7 Å². The zero-order valence-electron chi connectivity index (χ0n) is 15.8. The molecule has 2 aromatic carbocycles. The SMILES string of the molecule is COC1(C(=O)Nc2ccc(C(=O)NCc3ccccc3F)cc2)CCNCC1. The zero-order chi connectivity index (χ0) is 20.0. The van der Waals surface area contributed by atoms with Crippen LogP contribution in [-0.4, -0.2) is 37.6 Å². The second-order valence-electron chi connectivity index (χ2n) is 6.75. The number of ether oxygens (including phenoxy) is 1. The van der Waals surface area contributed by atoms with Gasteiger partial charge in [0.15, 0.2) is 0 Å². The maximum absolute atomic E-state index is 13.6. The van der Waals surface area contributed by atoms with Crippen LogP contribution in [-0.2, 0) is 16.1 Å². The molecule has 0 radical (unpaired) electrons. The number of amides is 2. The summed E-state index contributed by atoms with van der Waals surface area (Å²) in [6.45, 7) is 1.55. The molecule has 3 rings (SSSR count). The van der Waals surface area contributed by atoms with Crippen molar-refractivity contribution in [2.24, 2.45) is 0 Å². The molecule has 0 aromatic heterocycles. The maximum Gasteiger partial charge on any atom is 0.256 e. The molecule has 1 saturated heterocycles. The van der Waals surface area contributed by atoms with E-state index >= 15 is 0 Å². The minimum atomic E-state index is -0.832. The molecule has 1 aliphatic rings. The van der Waals surface area contributed by atoms with Crippen LogP contribution >= 0.6 is 0 Å². The van der Waals surface area contributed by atoms with Gasteiger partial charge in [-0.05, 0) is 56.3 Å². The molecule has 1 aliphatic heterocycles. The van der Waals surface area contributed by atoms with Crippen molar-refractivity contribution >= 4 is 17.5 Å². The van der Waals surface area contributed by atoms with Gasteiger partial charge in [0.05, 0.1) is 0 Å². The molecule has 0 spiro atoms. The normalized spacial score (nSPS) is 15.6. The van der Waals surface area contributed by atoms with Gasteiger partial charge in [-0.2, -0.15) is 0 Å². The third kappa shape index (κ3) is 4.55. The molecule has 2 amide bonds. The zero-order valence-corrected chi connectivity index (χ0v) is 15.8. The molecule has 0 atom stereocenters. The number of halogens is 1. The molecule has 6 nitrogen and oxygen atoms in total. The molecule has 1 heterocycles. The molecule has 0 bridgehead atoms. The highest BCUT2D eigenvalue weighted by molar-refractivity contribution is 5.98. The van der Waals surface area contributed by atoms with Crippen molar-refractivity contribution in [2.45, 2.75) is 25.0 Å². The lowest BCUT2D eigenvalue weighted by molar-refractivity contribution is -0.140. The molecular formula is C21H24FN3O3. The van der Waals surface area contributed by atoms with Crippen molar-refractivity contribution in [1.29, 1.82) is 0 Å². The number of hydrogen-bond acceptors (Lipinski definition) is 4. The highest BCUT2D eigenvalue weighted by atomic mass is 19.1. The van der Waals surface area contributed by atoms with E-state index in [1.165, 1.54) is 6.07 Å². The number of nitrogens with one attached hydrogen (secondary N) is 3. The molecule has 2 aromatic rings. The van der Waals surface area contributed by atoms with Gasteiger partial charge in [0.2, 0.25) is 0 Å². The minimum absolute atomic E-state index is 0.106. The van der Waals surface area contributed by atoms with Gasteiger partial charge in [0, 0.05) is 30.5 Å². The standard InChI is InChI=1S/C21H24FN3O3/c1-28-21(10-12-23-13-11-21)20(27)25-17-8-6-15(7-9-17)19(26)24-14-16-4-2-3-5-18(16)22/h2-9,23H,10-14H2,1H3,(H,24,26)(H,25,27). The second-order valence-corrected chi connectivity index (χ2v) is 6.75. The summed E-state index contributed by atoms with van der Waals surface area (Å²) in [7, 11) is 1.55. The van der Waals surface area contributed by atoms with E-state index in [9.17, 15) is 14.0 Å². The van der Waals surface area contributed by atoms with Crippen LogP contribution in [0.2, 0.25) is 0 Å². The van der Waals surface area contributed by atoms with Gasteiger partial charge >= 0.3 is 0 Å². The van der Waals surface area contributed by atoms with Crippen molar-refractivity contribution in [3.8, 4) is 0 Å². The van der Waals surface area contributed by atoms with Gasteiger partial charge in [-0.1, -0.05) is 18.2 Å². The van der Waals surface area contributed by atoms with Crippen LogP contribution in [0.25, 0.3) is 0 Å². The number of hydrogen-bond donors (Lipinski definition) is 3. The van der Waals surface area contributed by atoms with Gasteiger partial charge in [-0.15, -0.1) is 0 Å². The Morgan fingerprint density at radius 3 is 2.43 bits per heavy atom. The Morgan fingerprint density at radius 2 is 1.79 bits per heavy atom. The van der Waals surface area contributed by atoms with Crippen LogP contribution in [0, 0.1) is 5.82 Å². The van der Waals surface area contributed by atoms with Crippen LogP contribution < -0.4 is 16.0 Å². The maximum atomic E-state index is 13.6. The number of benzene rings is 2. The topological polar surface area (TPSA) is 79.5 Å². The van der Waals surface area contributed by atoms with Gasteiger partial charge < -0.3 is 20.7 Å².